The van der Waals surface area contributed by atoms with E-state index in [2.05, 4.69) is 162 Å². The Labute approximate surface area is 338 Å². The molecule has 4 nitrogen and oxygen atoms in total. The zero-order valence-corrected chi connectivity index (χ0v) is 32.0. The van der Waals surface area contributed by atoms with Crippen LogP contribution < -0.4 is 0 Å². The molecule has 0 atom stereocenters. The molecule has 0 amide bonds. The molecule has 0 aliphatic rings. The molecule has 0 radical (unpaired) electrons. The summed E-state index contributed by atoms with van der Waals surface area (Å²) in [4.78, 5) is 15.3. The average Bonchev–Trinajstić information content (AvgIpc) is 3.83. The van der Waals surface area contributed by atoms with Gasteiger partial charge in [-0.1, -0.05) is 146 Å². The minimum Gasteiger partial charge on any atom is -0.309 e. The minimum absolute atomic E-state index is 0.627. The molecule has 5 heteroatoms. The number of benzene rings is 9. The number of rotatable bonds is 5. The average molecular weight is 757 g/mol. The highest BCUT2D eigenvalue weighted by atomic mass is 32.1. The van der Waals surface area contributed by atoms with Gasteiger partial charge in [0.15, 0.2) is 17.5 Å². The summed E-state index contributed by atoms with van der Waals surface area (Å²) in [5.41, 5.74) is 8.46. The highest BCUT2D eigenvalue weighted by Crippen LogP contribution is 2.43. The fourth-order valence-corrected chi connectivity index (χ4v) is 9.81. The monoisotopic (exact) mass is 756 g/mol. The van der Waals surface area contributed by atoms with Crippen LogP contribution in [0.4, 0.5) is 0 Å². The van der Waals surface area contributed by atoms with E-state index in [1.54, 1.807) is 0 Å². The zero-order valence-electron chi connectivity index (χ0n) is 31.2. The highest BCUT2D eigenvalue weighted by Gasteiger charge is 2.21. The van der Waals surface area contributed by atoms with Crippen molar-refractivity contribution in [3.8, 4) is 51.0 Å². The maximum absolute atomic E-state index is 5.15. The van der Waals surface area contributed by atoms with Crippen LogP contribution in [-0.2, 0) is 0 Å². The molecule has 12 rings (SSSR count). The smallest absolute Gasteiger partial charge is 0.164 e. The van der Waals surface area contributed by atoms with E-state index in [0.717, 1.165) is 33.5 Å². The molecule has 0 aliphatic heterocycles. The van der Waals surface area contributed by atoms with E-state index >= 15 is 0 Å². The van der Waals surface area contributed by atoms with Gasteiger partial charge in [-0.05, 0) is 75.6 Å². The van der Waals surface area contributed by atoms with Gasteiger partial charge >= 0.3 is 0 Å². The lowest BCUT2D eigenvalue weighted by Gasteiger charge is -2.17. The van der Waals surface area contributed by atoms with Crippen LogP contribution in [0.25, 0.3) is 115 Å². The van der Waals surface area contributed by atoms with E-state index in [0.29, 0.717) is 17.5 Å². The Morgan fingerprint density at radius 3 is 1.67 bits per heavy atom. The molecule has 12 aromatic rings. The number of thiophene rings is 1. The number of fused-ring (bicyclic) bond motifs is 9. The molecule has 9 aromatic carbocycles. The molecule has 3 heterocycles. The second kappa shape index (κ2) is 13.1. The Hall–Kier alpha value is -7.47. The first-order valence-electron chi connectivity index (χ1n) is 19.5. The quantitative estimate of drug-likeness (QED) is 0.176. The molecule has 0 unspecified atom stereocenters. The molecule has 0 N–H and O–H groups in total. The molecule has 0 aliphatic carbocycles. The zero-order chi connectivity index (χ0) is 38.2. The third-order valence-electron chi connectivity index (χ3n) is 11.4. The van der Waals surface area contributed by atoms with Crippen molar-refractivity contribution in [2.24, 2.45) is 0 Å². The molecule has 0 saturated carbocycles. The fraction of sp³-hybridized carbons (Fsp3) is 0. The van der Waals surface area contributed by atoms with Gasteiger partial charge in [-0.15, -0.1) is 11.3 Å². The van der Waals surface area contributed by atoms with E-state index in [1.165, 1.54) is 63.5 Å². The Balaban J connectivity index is 1.16. The van der Waals surface area contributed by atoms with Crippen LogP contribution in [0.1, 0.15) is 0 Å². The maximum atomic E-state index is 5.15. The summed E-state index contributed by atoms with van der Waals surface area (Å²) >= 11 is 1.84. The van der Waals surface area contributed by atoms with Crippen LogP contribution in [0.15, 0.2) is 194 Å². The van der Waals surface area contributed by atoms with Crippen molar-refractivity contribution in [3.63, 3.8) is 0 Å². The van der Waals surface area contributed by atoms with Gasteiger partial charge in [0, 0.05) is 53.2 Å². The SMILES string of the molecule is c1ccc(-c2nc(-c3ccccc3)nc(-c3ccc(-n4c5cc6ccccc6cc5c5c6ccccc6ccc54)c(-c4ccc5c(c4)sc4ccccc45)c3)n2)cc1. The van der Waals surface area contributed by atoms with Crippen molar-refractivity contribution >= 4 is 74.9 Å². The molecule has 0 fully saturated rings. The molecular formula is C53H32N4S. The lowest BCUT2D eigenvalue weighted by atomic mass is 9.98. The van der Waals surface area contributed by atoms with Crippen molar-refractivity contribution < 1.29 is 0 Å². The first kappa shape index (κ1) is 32.7. The third kappa shape index (κ3) is 5.25. The second-order valence-corrected chi connectivity index (χ2v) is 15.9. The predicted molar refractivity (Wildman–Crippen MR) is 244 cm³/mol. The maximum Gasteiger partial charge on any atom is 0.164 e. The normalized spacial score (nSPS) is 11.8. The van der Waals surface area contributed by atoms with E-state index in [-0.39, 0.29) is 0 Å². The summed E-state index contributed by atoms with van der Waals surface area (Å²) in [6.07, 6.45) is 0. The Morgan fingerprint density at radius 2 is 0.931 bits per heavy atom. The number of hydrogen-bond donors (Lipinski definition) is 0. The van der Waals surface area contributed by atoms with Crippen molar-refractivity contribution in [2.75, 3.05) is 0 Å². The second-order valence-electron chi connectivity index (χ2n) is 14.8. The van der Waals surface area contributed by atoms with Crippen molar-refractivity contribution in [1.29, 1.82) is 0 Å². The van der Waals surface area contributed by atoms with Gasteiger partial charge in [-0.2, -0.15) is 0 Å². The van der Waals surface area contributed by atoms with Crippen LogP contribution in [0, 0.1) is 0 Å². The van der Waals surface area contributed by atoms with Gasteiger partial charge in [-0.3, -0.25) is 0 Å². The Bertz CT molecular complexity index is 3510. The summed E-state index contributed by atoms with van der Waals surface area (Å²) in [6, 6.07) is 69.4. The van der Waals surface area contributed by atoms with Gasteiger partial charge < -0.3 is 4.57 Å². The van der Waals surface area contributed by atoms with Gasteiger partial charge in [0.2, 0.25) is 0 Å². The van der Waals surface area contributed by atoms with Crippen LogP contribution in [0.5, 0.6) is 0 Å². The first-order valence-corrected chi connectivity index (χ1v) is 20.3. The summed E-state index contributed by atoms with van der Waals surface area (Å²) in [6.45, 7) is 0. The molecule has 0 spiro atoms. The number of nitrogens with zero attached hydrogens (tertiary/aromatic N) is 4. The van der Waals surface area contributed by atoms with E-state index in [1.807, 2.05) is 47.7 Å². The summed E-state index contributed by atoms with van der Waals surface area (Å²) in [5.74, 6) is 1.91. The van der Waals surface area contributed by atoms with Gasteiger partial charge in [0.05, 0.1) is 16.7 Å². The summed E-state index contributed by atoms with van der Waals surface area (Å²) in [7, 11) is 0. The van der Waals surface area contributed by atoms with Gasteiger partial charge in [-0.25, -0.2) is 15.0 Å². The van der Waals surface area contributed by atoms with E-state index in [9.17, 15) is 0 Å². The lowest BCUT2D eigenvalue weighted by molar-refractivity contribution is 1.07. The number of hydrogen-bond acceptors (Lipinski definition) is 4. The first-order chi connectivity index (χ1) is 28.7. The molecule has 0 bridgehead atoms. The lowest BCUT2D eigenvalue weighted by Crippen LogP contribution is -2.02. The van der Waals surface area contributed by atoms with Crippen LogP contribution in [-0.4, -0.2) is 19.5 Å². The number of aromatic nitrogens is 4. The van der Waals surface area contributed by atoms with Gasteiger partial charge in [0.1, 0.15) is 0 Å². The molecule has 0 saturated heterocycles. The Morgan fingerprint density at radius 1 is 0.345 bits per heavy atom. The van der Waals surface area contributed by atoms with Crippen molar-refractivity contribution in [1.82, 2.24) is 19.5 Å². The summed E-state index contributed by atoms with van der Waals surface area (Å²) in [5, 5.41) is 9.96. The van der Waals surface area contributed by atoms with E-state index in [4.69, 9.17) is 15.0 Å². The molecular weight excluding hydrogens is 725 g/mol. The molecule has 270 valence electrons. The van der Waals surface area contributed by atoms with E-state index < -0.39 is 0 Å². The van der Waals surface area contributed by atoms with Gasteiger partial charge in [0.25, 0.3) is 0 Å². The topological polar surface area (TPSA) is 43.6 Å². The molecule has 3 aromatic heterocycles. The largest absolute Gasteiger partial charge is 0.309 e. The molecule has 58 heavy (non-hydrogen) atoms. The highest BCUT2D eigenvalue weighted by molar-refractivity contribution is 7.25. The summed E-state index contributed by atoms with van der Waals surface area (Å²) < 4.78 is 5.01. The predicted octanol–water partition coefficient (Wildman–Crippen LogP) is 14.3. The van der Waals surface area contributed by atoms with Crippen molar-refractivity contribution in [3.05, 3.63) is 194 Å². The van der Waals surface area contributed by atoms with Crippen molar-refractivity contribution in [2.45, 2.75) is 0 Å². The minimum atomic E-state index is 0.627. The fourth-order valence-electron chi connectivity index (χ4n) is 8.66. The Kier molecular flexibility index (Phi) is 7.37. The third-order valence-corrected chi connectivity index (χ3v) is 12.5. The van der Waals surface area contributed by atoms with Crippen LogP contribution in [0.2, 0.25) is 0 Å². The van der Waals surface area contributed by atoms with Crippen LogP contribution in [0.3, 0.4) is 0 Å². The standard InChI is InChI=1S/C53H32N4S/c1-3-14-34(15-4-1)51-54-52(35-16-5-2-6-17-35)56-53(55-51)39-25-27-45(43(30-39)38-23-26-42-41-21-11-12-22-48(41)58-49(42)32-38)57-46-28-24-33-13-9-10-20-40(33)50(46)44-29-36-18-7-8-19-37(36)31-47(44)57/h1-32H. The van der Waals surface area contributed by atoms with Crippen LogP contribution >= 0.6 is 11.3 Å².